The van der Waals surface area contributed by atoms with Gasteiger partial charge in [0.2, 0.25) is 5.91 Å². The van der Waals surface area contributed by atoms with Crippen molar-refractivity contribution in [1.29, 1.82) is 0 Å². The third-order valence-corrected chi connectivity index (χ3v) is 6.15. The quantitative estimate of drug-likeness (QED) is 0.444. The Kier molecular flexibility index (Phi) is 6.22. The lowest BCUT2D eigenvalue weighted by atomic mass is 10.0. The van der Waals surface area contributed by atoms with E-state index in [1.165, 1.54) is 0 Å². The van der Waals surface area contributed by atoms with Crippen LogP contribution in [0, 0.1) is 0 Å². The lowest BCUT2D eigenvalue weighted by Gasteiger charge is -2.22. The van der Waals surface area contributed by atoms with Crippen molar-refractivity contribution >= 4 is 22.5 Å². The molecule has 1 fully saturated rings. The summed E-state index contributed by atoms with van der Waals surface area (Å²) in [6, 6.07) is 14.1. The van der Waals surface area contributed by atoms with Crippen molar-refractivity contribution in [2.45, 2.75) is 32.2 Å². The number of rotatable bonds is 6. The topological polar surface area (TPSA) is 91.2 Å². The number of hydrogen-bond donors (Lipinski definition) is 1. The molecule has 0 aliphatic carbocycles. The summed E-state index contributed by atoms with van der Waals surface area (Å²) in [5.41, 5.74) is 4.88. The first kappa shape index (κ1) is 22.0. The van der Waals surface area contributed by atoms with Crippen molar-refractivity contribution in [3.63, 3.8) is 0 Å². The zero-order valence-electron chi connectivity index (χ0n) is 19.3. The minimum atomic E-state index is -0.0895. The van der Waals surface area contributed by atoms with Crippen molar-refractivity contribution in [1.82, 2.24) is 19.7 Å². The van der Waals surface area contributed by atoms with Gasteiger partial charge in [0.05, 0.1) is 30.0 Å². The number of aromatic nitrogens is 4. The predicted octanol–water partition coefficient (Wildman–Crippen LogP) is 4.87. The molecule has 2 aromatic heterocycles. The molecule has 174 valence electrons. The maximum absolute atomic E-state index is 12.1. The Balaban J connectivity index is 1.69. The van der Waals surface area contributed by atoms with E-state index in [2.05, 4.69) is 38.3 Å². The SMILES string of the molecule is CCC(=O)Nc1cc2c(-c3cn(C4CCOCC4)nc3-c3ccccc3)ncnc2cc1OC. The van der Waals surface area contributed by atoms with Crippen LogP contribution in [0.1, 0.15) is 32.2 Å². The second kappa shape index (κ2) is 9.61. The van der Waals surface area contributed by atoms with Crippen molar-refractivity contribution in [3.05, 3.63) is 55.0 Å². The predicted molar refractivity (Wildman–Crippen MR) is 131 cm³/mol. The van der Waals surface area contributed by atoms with Crippen LogP contribution in [0.5, 0.6) is 5.75 Å². The van der Waals surface area contributed by atoms with Crippen LogP contribution in [-0.4, -0.2) is 46.0 Å². The van der Waals surface area contributed by atoms with Gasteiger partial charge in [-0.05, 0) is 18.9 Å². The number of amides is 1. The maximum atomic E-state index is 12.1. The Morgan fingerprint density at radius 2 is 1.94 bits per heavy atom. The molecule has 1 aliphatic rings. The molecule has 8 nitrogen and oxygen atoms in total. The first-order valence-electron chi connectivity index (χ1n) is 11.5. The van der Waals surface area contributed by atoms with E-state index >= 15 is 0 Å². The highest BCUT2D eigenvalue weighted by molar-refractivity contribution is 6.01. The number of carbonyl (C=O) groups excluding carboxylic acids is 1. The van der Waals surface area contributed by atoms with Crippen LogP contribution in [0.2, 0.25) is 0 Å². The third kappa shape index (κ3) is 4.24. The average Bonchev–Trinajstić information content (AvgIpc) is 3.34. The van der Waals surface area contributed by atoms with Gasteiger partial charge in [-0.1, -0.05) is 37.3 Å². The molecular formula is C26H27N5O3. The molecule has 1 amide bonds. The minimum Gasteiger partial charge on any atom is -0.494 e. The second-order valence-electron chi connectivity index (χ2n) is 8.27. The molecule has 0 bridgehead atoms. The van der Waals surface area contributed by atoms with Gasteiger partial charge in [-0.3, -0.25) is 9.48 Å². The Morgan fingerprint density at radius 1 is 1.15 bits per heavy atom. The smallest absolute Gasteiger partial charge is 0.224 e. The molecular weight excluding hydrogens is 430 g/mol. The Labute approximate surface area is 197 Å². The highest BCUT2D eigenvalue weighted by Gasteiger charge is 2.23. The fourth-order valence-corrected chi connectivity index (χ4v) is 4.31. The van der Waals surface area contributed by atoms with Crippen LogP contribution in [-0.2, 0) is 9.53 Å². The number of ether oxygens (including phenoxy) is 2. The fraction of sp³-hybridized carbons (Fsp3) is 0.308. The number of carbonyl (C=O) groups is 1. The van der Waals surface area contributed by atoms with Crippen molar-refractivity contribution < 1.29 is 14.3 Å². The fourth-order valence-electron chi connectivity index (χ4n) is 4.31. The Bertz CT molecular complexity index is 1310. The summed E-state index contributed by atoms with van der Waals surface area (Å²) in [5.74, 6) is 0.466. The summed E-state index contributed by atoms with van der Waals surface area (Å²) in [6.45, 7) is 3.28. The van der Waals surface area contributed by atoms with E-state index < -0.39 is 0 Å². The van der Waals surface area contributed by atoms with Gasteiger partial charge < -0.3 is 14.8 Å². The van der Waals surface area contributed by atoms with Gasteiger partial charge in [-0.2, -0.15) is 5.10 Å². The summed E-state index contributed by atoms with van der Waals surface area (Å²) >= 11 is 0. The molecule has 0 saturated carbocycles. The van der Waals surface area contributed by atoms with Crippen LogP contribution in [0.4, 0.5) is 5.69 Å². The van der Waals surface area contributed by atoms with Gasteiger partial charge in [-0.15, -0.1) is 0 Å². The minimum absolute atomic E-state index is 0.0895. The largest absolute Gasteiger partial charge is 0.494 e. The Morgan fingerprint density at radius 3 is 2.68 bits per heavy atom. The van der Waals surface area contributed by atoms with E-state index in [0.29, 0.717) is 17.9 Å². The molecule has 0 unspecified atom stereocenters. The number of anilines is 1. The number of nitrogens with zero attached hydrogens (tertiary/aromatic N) is 4. The molecule has 5 rings (SSSR count). The molecule has 8 heteroatoms. The highest BCUT2D eigenvalue weighted by atomic mass is 16.5. The maximum Gasteiger partial charge on any atom is 0.224 e. The average molecular weight is 458 g/mol. The molecule has 0 atom stereocenters. The van der Waals surface area contributed by atoms with Gasteiger partial charge in [0.15, 0.2) is 0 Å². The first-order chi connectivity index (χ1) is 16.7. The van der Waals surface area contributed by atoms with E-state index in [4.69, 9.17) is 14.6 Å². The van der Waals surface area contributed by atoms with Gasteiger partial charge >= 0.3 is 0 Å². The molecule has 2 aromatic carbocycles. The van der Waals surface area contributed by atoms with Crippen molar-refractivity contribution in [3.8, 4) is 28.3 Å². The molecule has 3 heterocycles. The molecule has 4 aromatic rings. The zero-order valence-corrected chi connectivity index (χ0v) is 19.3. The van der Waals surface area contributed by atoms with Crippen LogP contribution in [0.15, 0.2) is 55.0 Å². The Hall–Kier alpha value is -3.78. The lowest BCUT2D eigenvalue weighted by Crippen LogP contribution is -2.19. The summed E-state index contributed by atoms with van der Waals surface area (Å²) in [6.07, 6.45) is 5.85. The van der Waals surface area contributed by atoms with E-state index in [9.17, 15) is 4.79 Å². The molecule has 0 radical (unpaired) electrons. The van der Waals surface area contributed by atoms with E-state index in [1.807, 2.05) is 37.3 Å². The summed E-state index contributed by atoms with van der Waals surface area (Å²) in [7, 11) is 1.58. The molecule has 0 spiro atoms. The van der Waals surface area contributed by atoms with Crippen LogP contribution >= 0.6 is 0 Å². The summed E-state index contributed by atoms with van der Waals surface area (Å²) < 4.78 is 13.1. The zero-order chi connectivity index (χ0) is 23.5. The van der Waals surface area contributed by atoms with Gasteiger partial charge in [0.25, 0.3) is 0 Å². The van der Waals surface area contributed by atoms with Gasteiger partial charge in [0.1, 0.15) is 17.8 Å². The van der Waals surface area contributed by atoms with Crippen LogP contribution in [0.25, 0.3) is 33.4 Å². The molecule has 1 saturated heterocycles. The number of fused-ring (bicyclic) bond motifs is 1. The lowest BCUT2D eigenvalue weighted by molar-refractivity contribution is -0.115. The standard InChI is InChI=1S/C26H27N5O3/c1-3-24(32)29-22-13-19-21(14-23(22)33-2)27-16-28-26(19)20-15-31(18-9-11-34-12-10-18)30-25(20)17-7-5-4-6-8-17/h4-8,13-16,18H,3,9-12H2,1-2H3,(H,29,32). The van der Waals surface area contributed by atoms with Gasteiger partial charge in [-0.25, -0.2) is 9.97 Å². The monoisotopic (exact) mass is 457 g/mol. The highest BCUT2D eigenvalue weighted by Crippen LogP contribution is 2.38. The van der Waals surface area contributed by atoms with E-state index in [1.54, 1.807) is 13.4 Å². The summed E-state index contributed by atoms with van der Waals surface area (Å²) in [4.78, 5) is 21.3. The van der Waals surface area contributed by atoms with Gasteiger partial charge in [0, 0.05) is 48.4 Å². The van der Waals surface area contributed by atoms with Crippen LogP contribution < -0.4 is 10.1 Å². The summed E-state index contributed by atoms with van der Waals surface area (Å²) in [5, 5.41) is 8.76. The van der Waals surface area contributed by atoms with E-state index in [-0.39, 0.29) is 11.9 Å². The third-order valence-electron chi connectivity index (χ3n) is 6.15. The first-order valence-corrected chi connectivity index (χ1v) is 11.5. The number of benzene rings is 2. The van der Waals surface area contributed by atoms with Crippen LogP contribution in [0.3, 0.4) is 0 Å². The number of hydrogen-bond acceptors (Lipinski definition) is 6. The van der Waals surface area contributed by atoms with E-state index in [0.717, 1.165) is 59.5 Å². The van der Waals surface area contributed by atoms with Crippen molar-refractivity contribution in [2.24, 2.45) is 0 Å². The molecule has 1 aliphatic heterocycles. The number of methoxy groups -OCH3 is 1. The second-order valence-corrected chi connectivity index (χ2v) is 8.27. The molecule has 1 N–H and O–H groups in total. The normalized spacial score (nSPS) is 14.3. The number of nitrogens with one attached hydrogen (secondary N) is 1. The van der Waals surface area contributed by atoms with Crippen molar-refractivity contribution in [2.75, 3.05) is 25.6 Å². The molecule has 34 heavy (non-hydrogen) atoms.